The van der Waals surface area contributed by atoms with Gasteiger partial charge in [0, 0.05) is 10.5 Å². The molecule has 4 nitrogen and oxygen atoms in total. The Bertz CT molecular complexity index is 725. The maximum atomic E-state index is 11.3. The van der Waals surface area contributed by atoms with Gasteiger partial charge in [-0.3, -0.25) is 10.1 Å². The lowest BCUT2D eigenvalue weighted by atomic mass is 10.1. The predicted octanol–water partition coefficient (Wildman–Crippen LogP) is 4.12. The van der Waals surface area contributed by atoms with Crippen molar-refractivity contribution in [1.29, 1.82) is 0 Å². The standard InChI is InChI=1S/C15H12N2O2S/c1-10-5-4-6-11(9-10)14-15(17(18)19)20-13-8-3-2-7-12(13)16-14/h2-9,16H,1H3. The molecule has 1 heterocycles. The van der Waals surface area contributed by atoms with E-state index in [1.807, 2.05) is 55.5 Å². The Balaban J connectivity index is 2.13. The van der Waals surface area contributed by atoms with E-state index in [4.69, 9.17) is 0 Å². The molecular weight excluding hydrogens is 272 g/mol. The number of para-hydroxylation sites is 1. The molecule has 1 aliphatic rings. The fourth-order valence-corrected chi connectivity index (χ4v) is 3.06. The number of nitrogens with one attached hydrogen (secondary N) is 1. The number of aryl methyl sites for hydroxylation is 1. The highest BCUT2D eigenvalue weighted by Crippen LogP contribution is 2.42. The summed E-state index contributed by atoms with van der Waals surface area (Å²) in [5.74, 6) is 0. The fraction of sp³-hybridized carbons (Fsp3) is 0.0667. The van der Waals surface area contributed by atoms with Gasteiger partial charge in [-0.1, -0.05) is 35.9 Å². The van der Waals surface area contributed by atoms with Gasteiger partial charge in [0.1, 0.15) is 5.70 Å². The van der Waals surface area contributed by atoms with Crippen LogP contribution in [0.4, 0.5) is 5.69 Å². The van der Waals surface area contributed by atoms with E-state index in [0.717, 1.165) is 21.7 Å². The molecule has 1 aliphatic heterocycles. The second kappa shape index (κ2) is 5.02. The van der Waals surface area contributed by atoms with Crippen LogP contribution in [0.3, 0.4) is 0 Å². The smallest absolute Gasteiger partial charge is 0.331 e. The molecular formula is C15H12N2O2S. The molecule has 1 N–H and O–H groups in total. The first-order valence-electron chi connectivity index (χ1n) is 6.15. The molecule has 3 rings (SSSR count). The number of hydrogen-bond acceptors (Lipinski definition) is 4. The quantitative estimate of drug-likeness (QED) is 0.666. The average molecular weight is 284 g/mol. The minimum atomic E-state index is -0.328. The van der Waals surface area contributed by atoms with Crippen molar-refractivity contribution in [3.05, 3.63) is 74.8 Å². The molecule has 0 atom stereocenters. The number of anilines is 1. The normalized spacial score (nSPS) is 13.7. The lowest BCUT2D eigenvalue weighted by Gasteiger charge is -2.19. The van der Waals surface area contributed by atoms with Gasteiger partial charge in [-0.05, 0) is 36.9 Å². The number of fused-ring (bicyclic) bond motifs is 1. The molecule has 20 heavy (non-hydrogen) atoms. The highest BCUT2D eigenvalue weighted by atomic mass is 32.2. The molecule has 0 saturated heterocycles. The maximum Gasteiger partial charge on any atom is 0.331 e. The van der Waals surface area contributed by atoms with E-state index < -0.39 is 0 Å². The van der Waals surface area contributed by atoms with Crippen LogP contribution < -0.4 is 5.32 Å². The molecule has 0 amide bonds. The van der Waals surface area contributed by atoms with Crippen LogP contribution in [-0.2, 0) is 0 Å². The average Bonchev–Trinajstić information content (AvgIpc) is 2.46. The van der Waals surface area contributed by atoms with Crippen LogP contribution in [0.25, 0.3) is 5.70 Å². The van der Waals surface area contributed by atoms with Gasteiger partial charge in [0.25, 0.3) is 0 Å². The van der Waals surface area contributed by atoms with E-state index in [1.165, 1.54) is 11.8 Å². The molecule has 0 aromatic heterocycles. The summed E-state index contributed by atoms with van der Waals surface area (Å²) in [5.41, 5.74) is 3.36. The highest BCUT2D eigenvalue weighted by Gasteiger charge is 2.28. The number of thioether (sulfide) groups is 1. The van der Waals surface area contributed by atoms with Gasteiger partial charge in [0.05, 0.1) is 10.6 Å². The van der Waals surface area contributed by atoms with Gasteiger partial charge in [0.15, 0.2) is 0 Å². The van der Waals surface area contributed by atoms with Crippen LogP contribution in [0, 0.1) is 17.0 Å². The lowest BCUT2D eigenvalue weighted by Crippen LogP contribution is -2.11. The van der Waals surface area contributed by atoms with Crippen LogP contribution in [-0.4, -0.2) is 4.92 Å². The number of nitrogens with zero attached hydrogens (tertiary/aromatic N) is 1. The summed E-state index contributed by atoms with van der Waals surface area (Å²) < 4.78 is 0. The SMILES string of the molecule is Cc1cccc(C2=C([N+](=O)[O-])Sc3ccccc3N2)c1. The zero-order chi connectivity index (χ0) is 14.1. The summed E-state index contributed by atoms with van der Waals surface area (Å²) in [6.07, 6.45) is 0. The van der Waals surface area contributed by atoms with Gasteiger partial charge in [-0.15, -0.1) is 0 Å². The Labute approximate surface area is 120 Å². The summed E-state index contributed by atoms with van der Waals surface area (Å²) >= 11 is 1.19. The second-order valence-corrected chi connectivity index (χ2v) is 5.56. The Morgan fingerprint density at radius 3 is 2.70 bits per heavy atom. The molecule has 0 radical (unpaired) electrons. The number of benzene rings is 2. The Morgan fingerprint density at radius 1 is 1.15 bits per heavy atom. The summed E-state index contributed by atoms with van der Waals surface area (Å²) in [6.45, 7) is 1.97. The molecule has 0 spiro atoms. The molecule has 0 unspecified atom stereocenters. The zero-order valence-electron chi connectivity index (χ0n) is 10.8. The first kappa shape index (κ1) is 12.7. The topological polar surface area (TPSA) is 55.2 Å². The Kier molecular flexibility index (Phi) is 3.20. The van der Waals surface area contributed by atoms with Crippen LogP contribution in [0.5, 0.6) is 0 Å². The predicted molar refractivity (Wildman–Crippen MR) is 81.0 cm³/mol. The Morgan fingerprint density at radius 2 is 1.95 bits per heavy atom. The van der Waals surface area contributed by atoms with Crippen molar-refractivity contribution in [3.63, 3.8) is 0 Å². The van der Waals surface area contributed by atoms with Gasteiger partial charge in [0.2, 0.25) is 0 Å². The van der Waals surface area contributed by atoms with E-state index in [0.29, 0.717) is 5.70 Å². The monoisotopic (exact) mass is 284 g/mol. The van der Waals surface area contributed by atoms with Crippen LogP contribution >= 0.6 is 11.8 Å². The highest BCUT2D eigenvalue weighted by molar-refractivity contribution is 8.03. The largest absolute Gasteiger partial charge is 0.348 e. The third kappa shape index (κ3) is 2.28. The Hall–Kier alpha value is -2.27. The first-order chi connectivity index (χ1) is 9.65. The van der Waals surface area contributed by atoms with Gasteiger partial charge in [-0.2, -0.15) is 0 Å². The van der Waals surface area contributed by atoms with Crippen molar-refractivity contribution < 1.29 is 4.92 Å². The molecule has 0 fully saturated rings. The van der Waals surface area contributed by atoms with E-state index in [-0.39, 0.29) is 9.95 Å². The van der Waals surface area contributed by atoms with Crippen LogP contribution in [0.2, 0.25) is 0 Å². The van der Waals surface area contributed by atoms with E-state index in [1.54, 1.807) is 0 Å². The lowest BCUT2D eigenvalue weighted by molar-refractivity contribution is -0.409. The van der Waals surface area contributed by atoms with Crippen molar-refractivity contribution in [2.45, 2.75) is 11.8 Å². The molecule has 0 aliphatic carbocycles. The van der Waals surface area contributed by atoms with Crippen LogP contribution in [0.15, 0.2) is 58.5 Å². The third-order valence-electron chi connectivity index (χ3n) is 3.04. The van der Waals surface area contributed by atoms with Crippen molar-refractivity contribution in [2.24, 2.45) is 0 Å². The van der Waals surface area contributed by atoms with Crippen LogP contribution in [0.1, 0.15) is 11.1 Å². The van der Waals surface area contributed by atoms with E-state index in [9.17, 15) is 10.1 Å². The zero-order valence-corrected chi connectivity index (χ0v) is 11.6. The number of rotatable bonds is 2. The summed E-state index contributed by atoms with van der Waals surface area (Å²) in [4.78, 5) is 11.9. The van der Waals surface area contributed by atoms with Crippen molar-refractivity contribution in [2.75, 3.05) is 5.32 Å². The number of nitro groups is 1. The first-order valence-corrected chi connectivity index (χ1v) is 6.96. The molecule has 0 saturated carbocycles. The third-order valence-corrected chi connectivity index (χ3v) is 4.16. The molecule has 0 bridgehead atoms. The minimum absolute atomic E-state index is 0.134. The van der Waals surface area contributed by atoms with Crippen molar-refractivity contribution in [3.8, 4) is 0 Å². The maximum absolute atomic E-state index is 11.3. The minimum Gasteiger partial charge on any atom is -0.348 e. The molecule has 2 aromatic carbocycles. The summed E-state index contributed by atoms with van der Waals surface area (Å²) in [6, 6.07) is 15.3. The summed E-state index contributed by atoms with van der Waals surface area (Å²) in [5, 5.41) is 14.6. The van der Waals surface area contributed by atoms with E-state index >= 15 is 0 Å². The molecule has 5 heteroatoms. The van der Waals surface area contributed by atoms with Gasteiger partial charge in [-0.25, -0.2) is 0 Å². The molecule has 2 aromatic rings. The van der Waals surface area contributed by atoms with Crippen molar-refractivity contribution in [1.82, 2.24) is 0 Å². The second-order valence-electron chi connectivity index (χ2n) is 4.53. The summed E-state index contributed by atoms with van der Waals surface area (Å²) in [7, 11) is 0. The van der Waals surface area contributed by atoms with Gasteiger partial charge >= 0.3 is 5.03 Å². The van der Waals surface area contributed by atoms with E-state index in [2.05, 4.69) is 5.32 Å². The molecule has 100 valence electrons. The number of hydrogen-bond donors (Lipinski definition) is 1. The van der Waals surface area contributed by atoms with Crippen molar-refractivity contribution >= 4 is 23.1 Å². The fourth-order valence-electron chi connectivity index (χ4n) is 2.13. The van der Waals surface area contributed by atoms with Gasteiger partial charge < -0.3 is 5.32 Å².